The number of aromatic nitrogens is 3. The summed E-state index contributed by atoms with van der Waals surface area (Å²) in [6.07, 6.45) is 7.01. The lowest BCUT2D eigenvalue weighted by Gasteiger charge is -2.27. The van der Waals surface area contributed by atoms with Crippen molar-refractivity contribution in [2.75, 3.05) is 59.9 Å². The highest BCUT2D eigenvalue weighted by molar-refractivity contribution is 5.78. The minimum Gasteiger partial charge on any atom is -0.378 e. The van der Waals surface area contributed by atoms with E-state index in [4.69, 9.17) is 4.74 Å². The van der Waals surface area contributed by atoms with Gasteiger partial charge in [0.15, 0.2) is 11.6 Å². The van der Waals surface area contributed by atoms with Gasteiger partial charge >= 0.3 is 0 Å². The number of pyridine rings is 1. The average molecular weight is 477 g/mol. The largest absolute Gasteiger partial charge is 0.378 e. The standard InChI is InChI=1S/C25H29FN8O/c1-18-14-19(6-7-23(18)33-8-2-3-9-33)30-21-5-4-20(27-15-21)16-29-32-25-28-17-22(26)24(31-25)34-10-12-35-13-11-34/h4-7,14-17,30H,2-3,8-13H2,1H3,(H,28,31,32)/b29-16+. The van der Waals surface area contributed by atoms with E-state index in [-0.39, 0.29) is 11.8 Å². The van der Waals surface area contributed by atoms with Crippen molar-refractivity contribution in [3.8, 4) is 0 Å². The van der Waals surface area contributed by atoms with Crippen LogP contribution >= 0.6 is 0 Å². The van der Waals surface area contributed by atoms with Crippen LogP contribution in [0.5, 0.6) is 0 Å². The van der Waals surface area contributed by atoms with Crippen molar-refractivity contribution < 1.29 is 9.13 Å². The van der Waals surface area contributed by atoms with Crippen molar-refractivity contribution in [3.05, 3.63) is 59.8 Å². The summed E-state index contributed by atoms with van der Waals surface area (Å²) in [7, 11) is 0. The summed E-state index contributed by atoms with van der Waals surface area (Å²) in [5, 5.41) is 7.55. The van der Waals surface area contributed by atoms with Gasteiger partial charge in [0.1, 0.15) is 0 Å². The molecule has 182 valence electrons. The zero-order valence-electron chi connectivity index (χ0n) is 19.7. The molecule has 2 N–H and O–H groups in total. The number of morpholine rings is 1. The van der Waals surface area contributed by atoms with Crippen LogP contribution in [0, 0.1) is 12.7 Å². The van der Waals surface area contributed by atoms with Crippen LogP contribution in [0.2, 0.25) is 0 Å². The number of halogens is 1. The molecule has 2 fully saturated rings. The second-order valence-electron chi connectivity index (χ2n) is 8.63. The van der Waals surface area contributed by atoms with Crippen LogP contribution in [0.1, 0.15) is 24.1 Å². The number of benzene rings is 1. The van der Waals surface area contributed by atoms with Crippen molar-refractivity contribution in [3.63, 3.8) is 0 Å². The van der Waals surface area contributed by atoms with Crippen LogP contribution in [0.15, 0.2) is 47.8 Å². The van der Waals surface area contributed by atoms with E-state index in [0.29, 0.717) is 32.0 Å². The molecule has 2 aliphatic heterocycles. The monoisotopic (exact) mass is 476 g/mol. The smallest absolute Gasteiger partial charge is 0.245 e. The number of hydrazone groups is 1. The first-order valence-electron chi connectivity index (χ1n) is 11.9. The molecule has 1 aromatic carbocycles. The molecule has 0 amide bonds. The first kappa shape index (κ1) is 23.0. The second kappa shape index (κ2) is 10.6. The van der Waals surface area contributed by atoms with Crippen molar-refractivity contribution in [2.24, 2.45) is 5.10 Å². The molecule has 4 heterocycles. The molecule has 9 nitrogen and oxygen atoms in total. The number of hydrogen-bond donors (Lipinski definition) is 2. The summed E-state index contributed by atoms with van der Waals surface area (Å²) in [6, 6.07) is 10.3. The average Bonchev–Trinajstić information content (AvgIpc) is 3.41. The fourth-order valence-electron chi connectivity index (χ4n) is 4.33. The Labute approximate surface area is 204 Å². The van der Waals surface area contributed by atoms with Gasteiger partial charge in [0.05, 0.1) is 43.2 Å². The van der Waals surface area contributed by atoms with Gasteiger partial charge in [-0.25, -0.2) is 14.8 Å². The highest BCUT2D eigenvalue weighted by atomic mass is 19.1. The molecule has 2 aliphatic rings. The van der Waals surface area contributed by atoms with E-state index in [1.165, 1.54) is 24.1 Å². The summed E-state index contributed by atoms with van der Waals surface area (Å²) in [5.74, 6) is 0.000455. The highest BCUT2D eigenvalue weighted by Crippen LogP contribution is 2.28. The number of rotatable bonds is 7. The first-order chi connectivity index (χ1) is 17.2. The predicted octanol–water partition coefficient (Wildman–Crippen LogP) is 3.95. The zero-order chi connectivity index (χ0) is 24.0. The Kier molecular flexibility index (Phi) is 6.99. The van der Waals surface area contributed by atoms with Crippen molar-refractivity contribution >= 4 is 35.0 Å². The first-order valence-corrected chi connectivity index (χ1v) is 11.9. The molecule has 2 saturated heterocycles. The molecule has 3 aromatic rings. The molecule has 0 saturated carbocycles. The summed E-state index contributed by atoms with van der Waals surface area (Å²) < 4.78 is 19.5. The molecule has 0 atom stereocenters. The number of nitrogens with zero attached hydrogens (tertiary/aromatic N) is 6. The van der Waals surface area contributed by atoms with E-state index in [0.717, 1.165) is 30.7 Å². The molecule has 0 unspecified atom stereocenters. The molecule has 0 bridgehead atoms. The summed E-state index contributed by atoms with van der Waals surface area (Å²) in [6.45, 7) is 6.69. The van der Waals surface area contributed by atoms with Gasteiger partial charge in [-0.15, -0.1) is 0 Å². The third-order valence-corrected chi connectivity index (χ3v) is 6.12. The highest BCUT2D eigenvalue weighted by Gasteiger charge is 2.18. The van der Waals surface area contributed by atoms with Crippen molar-refractivity contribution in [1.29, 1.82) is 0 Å². The maximum Gasteiger partial charge on any atom is 0.245 e. The minimum absolute atomic E-state index is 0.218. The third-order valence-electron chi connectivity index (χ3n) is 6.12. The van der Waals surface area contributed by atoms with Gasteiger partial charge in [-0.1, -0.05) is 0 Å². The van der Waals surface area contributed by atoms with Gasteiger partial charge < -0.3 is 19.9 Å². The molecule has 0 spiro atoms. The Hall–Kier alpha value is -3.79. The number of aryl methyl sites for hydroxylation is 1. The summed E-state index contributed by atoms with van der Waals surface area (Å²) in [5.41, 5.74) is 7.91. The summed E-state index contributed by atoms with van der Waals surface area (Å²) >= 11 is 0. The number of ether oxygens (including phenoxy) is 1. The van der Waals surface area contributed by atoms with Gasteiger partial charge in [-0.2, -0.15) is 10.1 Å². The van der Waals surface area contributed by atoms with E-state index in [2.05, 4.69) is 60.8 Å². The van der Waals surface area contributed by atoms with E-state index in [1.807, 2.05) is 17.0 Å². The molecular weight excluding hydrogens is 447 g/mol. The Balaban J connectivity index is 1.18. The molecule has 35 heavy (non-hydrogen) atoms. The Morgan fingerprint density at radius 1 is 0.971 bits per heavy atom. The second-order valence-corrected chi connectivity index (χ2v) is 8.63. The SMILES string of the molecule is Cc1cc(Nc2ccc(/C=N/Nc3ncc(F)c(N4CCOCC4)n3)nc2)ccc1N1CCCC1. The lowest BCUT2D eigenvalue weighted by molar-refractivity contribution is 0.122. The zero-order valence-corrected chi connectivity index (χ0v) is 19.7. The predicted molar refractivity (Wildman–Crippen MR) is 136 cm³/mol. The van der Waals surface area contributed by atoms with Gasteiger partial charge in [0.25, 0.3) is 0 Å². The van der Waals surface area contributed by atoms with E-state index < -0.39 is 5.82 Å². The van der Waals surface area contributed by atoms with Gasteiger partial charge in [-0.3, -0.25) is 4.98 Å². The summed E-state index contributed by atoms with van der Waals surface area (Å²) in [4.78, 5) is 16.9. The molecule has 0 radical (unpaired) electrons. The fraction of sp³-hybridized carbons (Fsp3) is 0.360. The Morgan fingerprint density at radius 2 is 1.77 bits per heavy atom. The molecular formula is C25H29FN8O. The van der Waals surface area contributed by atoms with Crippen LogP contribution < -0.4 is 20.5 Å². The van der Waals surface area contributed by atoms with Crippen LogP contribution in [-0.4, -0.2) is 60.6 Å². The number of anilines is 5. The molecule has 10 heteroatoms. The molecule has 5 rings (SSSR count). The van der Waals surface area contributed by atoms with E-state index in [9.17, 15) is 4.39 Å². The number of nitrogens with one attached hydrogen (secondary N) is 2. The van der Waals surface area contributed by atoms with Crippen LogP contribution in [-0.2, 0) is 4.74 Å². The number of hydrogen-bond acceptors (Lipinski definition) is 9. The quantitative estimate of drug-likeness (QED) is 0.391. The minimum atomic E-state index is -0.466. The molecule has 2 aromatic heterocycles. The Morgan fingerprint density at radius 3 is 2.51 bits per heavy atom. The van der Waals surface area contributed by atoms with Crippen LogP contribution in [0.25, 0.3) is 0 Å². The van der Waals surface area contributed by atoms with Crippen LogP contribution in [0.3, 0.4) is 0 Å². The fourth-order valence-corrected chi connectivity index (χ4v) is 4.33. The lowest BCUT2D eigenvalue weighted by atomic mass is 10.1. The van der Waals surface area contributed by atoms with Crippen LogP contribution in [0.4, 0.5) is 33.2 Å². The molecule has 0 aliphatic carbocycles. The van der Waals surface area contributed by atoms with Gasteiger partial charge in [-0.05, 0) is 55.7 Å². The normalized spacial score (nSPS) is 16.2. The Bertz CT molecular complexity index is 1170. The van der Waals surface area contributed by atoms with E-state index >= 15 is 0 Å². The van der Waals surface area contributed by atoms with Crippen molar-refractivity contribution in [2.45, 2.75) is 19.8 Å². The van der Waals surface area contributed by atoms with E-state index in [1.54, 1.807) is 12.4 Å². The maximum absolute atomic E-state index is 14.2. The third kappa shape index (κ3) is 5.65. The van der Waals surface area contributed by atoms with Gasteiger partial charge in [0.2, 0.25) is 5.95 Å². The lowest BCUT2D eigenvalue weighted by Crippen LogP contribution is -2.37. The van der Waals surface area contributed by atoms with Gasteiger partial charge in [0, 0.05) is 37.6 Å². The topological polar surface area (TPSA) is 90.8 Å². The maximum atomic E-state index is 14.2. The van der Waals surface area contributed by atoms with Crippen molar-refractivity contribution in [1.82, 2.24) is 15.0 Å².